The standard InChI is InChI=1S/C22H15F2N3O3/c1-12-7-8-16(24)17(10-12)26-21(29)18-19(28)15-6-3-9-25-20(15)27(22(18)30)14-5-2-4-13(23)11-14/h2-11,28H,1H3,(H,26,29). The minimum atomic E-state index is -1.00. The second-order valence-electron chi connectivity index (χ2n) is 6.66. The molecule has 0 unspecified atom stereocenters. The Morgan fingerprint density at radius 1 is 1.10 bits per heavy atom. The Kier molecular flexibility index (Phi) is 4.75. The van der Waals surface area contributed by atoms with Gasteiger partial charge in [0.25, 0.3) is 11.5 Å². The second-order valence-corrected chi connectivity index (χ2v) is 6.66. The van der Waals surface area contributed by atoms with E-state index in [0.717, 1.165) is 10.6 Å². The molecule has 6 nitrogen and oxygen atoms in total. The Morgan fingerprint density at radius 3 is 2.67 bits per heavy atom. The molecule has 0 bridgehead atoms. The number of fused-ring (bicyclic) bond motifs is 1. The monoisotopic (exact) mass is 407 g/mol. The van der Waals surface area contributed by atoms with Gasteiger partial charge in [-0.25, -0.2) is 13.8 Å². The molecular formula is C22H15F2N3O3. The number of aromatic hydroxyl groups is 1. The lowest BCUT2D eigenvalue weighted by Gasteiger charge is -2.14. The zero-order valence-electron chi connectivity index (χ0n) is 15.7. The number of benzene rings is 2. The first-order valence-corrected chi connectivity index (χ1v) is 8.93. The van der Waals surface area contributed by atoms with Crippen LogP contribution >= 0.6 is 0 Å². The van der Waals surface area contributed by atoms with Crippen molar-refractivity contribution in [2.75, 3.05) is 5.32 Å². The number of aryl methyl sites for hydroxylation is 1. The molecule has 4 aromatic rings. The fourth-order valence-electron chi connectivity index (χ4n) is 3.18. The van der Waals surface area contributed by atoms with E-state index in [-0.39, 0.29) is 22.4 Å². The number of rotatable bonds is 3. The molecule has 30 heavy (non-hydrogen) atoms. The average molecular weight is 407 g/mol. The number of hydrogen-bond donors (Lipinski definition) is 2. The maximum atomic E-state index is 14.1. The zero-order valence-corrected chi connectivity index (χ0v) is 15.7. The van der Waals surface area contributed by atoms with Gasteiger partial charge in [0.05, 0.1) is 16.8 Å². The van der Waals surface area contributed by atoms with Crippen molar-refractivity contribution >= 4 is 22.6 Å². The molecule has 0 spiro atoms. The van der Waals surface area contributed by atoms with E-state index >= 15 is 0 Å². The van der Waals surface area contributed by atoms with Gasteiger partial charge < -0.3 is 10.4 Å². The third-order valence-electron chi connectivity index (χ3n) is 4.57. The number of amides is 1. The number of carbonyl (C=O) groups excluding carboxylic acids is 1. The van der Waals surface area contributed by atoms with Crippen molar-refractivity contribution in [3.63, 3.8) is 0 Å². The summed E-state index contributed by atoms with van der Waals surface area (Å²) in [4.78, 5) is 30.2. The maximum absolute atomic E-state index is 14.1. The quantitative estimate of drug-likeness (QED) is 0.539. The van der Waals surface area contributed by atoms with Gasteiger partial charge in [0.2, 0.25) is 0 Å². The van der Waals surface area contributed by atoms with E-state index < -0.39 is 34.4 Å². The molecule has 0 atom stereocenters. The van der Waals surface area contributed by atoms with Gasteiger partial charge in [0.15, 0.2) is 5.65 Å². The topological polar surface area (TPSA) is 84.2 Å². The van der Waals surface area contributed by atoms with E-state index in [9.17, 15) is 23.5 Å². The Hall–Kier alpha value is -4.07. The molecule has 4 rings (SSSR count). The molecule has 2 heterocycles. The van der Waals surface area contributed by atoms with Gasteiger partial charge in [-0.1, -0.05) is 12.1 Å². The van der Waals surface area contributed by atoms with Crippen molar-refractivity contribution in [2.45, 2.75) is 6.92 Å². The van der Waals surface area contributed by atoms with Crippen LogP contribution in [0.15, 0.2) is 65.6 Å². The highest BCUT2D eigenvalue weighted by molar-refractivity contribution is 6.09. The van der Waals surface area contributed by atoms with Crippen molar-refractivity contribution < 1.29 is 18.7 Å². The van der Waals surface area contributed by atoms with Crippen molar-refractivity contribution in [3.05, 3.63) is 93.9 Å². The van der Waals surface area contributed by atoms with Crippen molar-refractivity contribution in [3.8, 4) is 11.4 Å². The molecule has 8 heteroatoms. The van der Waals surface area contributed by atoms with Gasteiger partial charge in [0.1, 0.15) is 22.9 Å². The zero-order chi connectivity index (χ0) is 21.4. The Morgan fingerprint density at radius 2 is 1.90 bits per heavy atom. The van der Waals surface area contributed by atoms with E-state index in [1.54, 1.807) is 6.92 Å². The van der Waals surface area contributed by atoms with Gasteiger partial charge in [0, 0.05) is 6.20 Å². The van der Waals surface area contributed by atoms with Gasteiger partial charge in [-0.2, -0.15) is 0 Å². The largest absolute Gasteiger partial charge is 0.506 e. The lowest BCUT2D eigenvalue weighted by molar-refractivity contribution is 0.102. The fraction of sp³-hybridized carbons (Fsp3) is 0.0455. The number of nitrogens with one attached hydrogen (secondary N) is 1. The molecule has 2 aromatic heterocycles. The molecular weight excluding hydrogens is 392 g/mol. The van der Waals surface area contributed by atoms with Crippen LogP contribution in [0.4, 0.5) is 14.5 Å². The summed E-state index contributed by atoms with van der Waals surface area (Å²) in [6.45, 7) is 1.71. The van der Waals surface area contributed by atoms with Crippen LogP contribution in [0.25, 0.3) is 16.7 Å². The SMILES string of the molecule is Cc1ccc(F)c(NC(=O)c2c(O)c3cccnc3n(-c3cccc(F)c3)c2=O)c1. The van der Waals surface area contributed by atoms with Gasteiger partial charge in [-0.3, -0.25) is 14.2 Å². The third kappa shape index (κ3) is 3.28. The summed E-state index contributed by atoms with van der Waals surface area (Å²) in [5, 5.41) is 13.1. The van der Waals surface area contributed by atoms with E-state index in [4.69, 9.17) is 0 Å². The van der Waals surface area contributed by atoms with E-state index in [0.29, 0.717) is 5.56 Å². The van der Waals surface area contributed by atoms with Gasteiger partial charge in [-0.05, 0) is 55.0 Å². The second kappa shape index (κ2) is 7.40. The summed E-state index contributed by atoms with van der Waals surface area (Å²) in [7, 11) is 0. The van der Waals surface area contributed by atoms with Crippen LogP contribution in [0.3, 0.4) is 0 Å². The summed E-state index contributed by atoms with van der Waals surface area (Å²) in [5.74, 6) is -2.88. The van der Waals surface area contributed by atoms with Crippen LogP contribution in [-0.2, 0) is 0 Å². The predicted octanol–water partition coefficient (Wildman–Crippen LogP) is 3.93. The third-order valence-corrected chi connectivity index (χ3v) is 4.57. The predicted molar refractivity (Wildman–Crippen MR) is 108 cm³/mol. The number of hydrogen-bond acceptors (Lipinski definition) is 4. The summed E-state index contributed by atoms with van der Waals surface area (Å²) >= 11 is 0. The minimum Gasteiger partial charge on any atom is -0.506 e. The summed E-state index contributed by atoms with van der Waals surface area (Å²) in [6, 6.07) is 12.3. The molecule has 0 radical (unpaired) electrons. The highest BCUT2D eigenvalue weighted by Gasteiger charge is 2.24. The molecule has 0 fully saturated rings. The van der Waals surface area contributed by atoms with Crippen LogP contribution in [0, 0.1) is 18.6 Å². The summed E-state index contributed by atoms with van der Waals surface area (Å²) < 4.78 is 28.9. The number of halogens is 2. The van der Waals surface area contributed by atoms with Crippen LogP contribution in [-0.4, -0.2) is 20.6 Å². The molecule has 0 saturated heterocycles. The molecule has 150 valence electrons. The van der Waals surface area contributed by atoms with Crippen molar-refractivity contribution in [1.82, 2.24) is 9.55 Å². The number of aromatic nitrogens is 2. The van der Waals surface area contributed by atoms with Crippen molar-refractivity contribution in [2.24, 2.45) is 0 Å². The van der Waals surface area contributed by atoms with Crippen molar-refractivity contribution in [1.29, 1.82) is 0 Å². The molecule has 2 N–H and O–H groups in total. The average Bonchev–Trinajstić information content (AvgIpc) is 2.71. The van der Waals surface area contributed by atoms with E-state index in [2.05, 4.69) is 10.3 Å². The van der Waals surface area contributed by atoms with Crippen LogP contribution in [0.1, 0.15) is 15.9 Å². The number of anilines is 1. The lowest BCUT2D eigenvalue weighted by atomic mass is 10.1. The molecule has 0 aliphatic heterocycles. The maximum Gasteiger partial charge on any atom is 0.273 e. The first-order chi connectivity index (χ1) is 14.4. The van der Waals surface area contributed by atoms with E-state index in [1.807, 2.05) is 0 Å². The van der Waals surface area contributed by atoms with Crippen LogP contribution in [0.5, 0.6) is 5.75 Å². The van der Waals surface area contributed by atoms with Crippen LogP contribution < -0.4 is 10.9 Å². The number of pyridine rings is 2. The molecule has 2 aromatic carbocycles. The molecule has 0 saturated carbocycles. The smallest absolute Gasteiger partial charge is 0.273 e. The Bertz CT molecular complexity index is 1370. The number of carbonyl (C=O) groups is 1. The highest BCUT2D eigenvalue weighted by Crippen LogP contribution is 2.28. The van der Waals surface area contributed by atoms with Gasteiger partial charge in [-0.15, -0.1) is 0 Å². The van der Waals surface area contributed by atoms with E-state index in [1.165, 1.54) is 54.7 Å². The first-order valence-electron chi connectivity index (χ1n) is 8.93. The fourth-order valence-corrected chi connectivity index (χ4v) is 3.18. The Balaban J connectivity index is 1.95. The highest BCUT2D eigenvalue weighted by atomic mass is 19.1. The normalized spacial score (nSPS) is 10.9. The Labute approximate surface area is 169 Å². The molecule has 0 aliphatic rings. The lowest BCUT2D eigenvalue weighted by Crippen LogP contribution is -2.29. The minimum absolute atomic E-state index is 0.0453. The first kappa shape index (κ1) is 19.3. The molecule has 0 aliphatic carbocycles. The van der Waals surface area contributed by atoms with Crippen LogP contribution in [0.2, 0.25) is 0 Å². The number of nitrogens with zero attached hydrogens (tertiary/aromatic N) is 2. The van der Waals surface area contributed by atoms with Gasteiger partial charge >= 0.3 is 0 Å². The summed E-state index contributed by atoms with van der Waals surface area (Å²) in [6.07, 6.45) is 1.40. The molecule has 1 amide bonds. The summed E-state index contributed by atoms with van der Waals surface area (Å²) in [5.41, 5.74) is -0.808.